The third-order valence-corrected chi connectivity index (χ3v) is 5.62. The van der Waals surface area contributed by atoms with E-state index >= 15 is 0 Å². The molecule has 1 aliphatic heterocycles. The van der Waals surface area contributed by atoms with Crippen LogP contribution in [-0.2, 0) is 9.59 Å². The largest absolute Gasteiger partial charge is 0.344 e. The summed E-state index contributed by atoms with van der Waals surface area (Å²) in [5.41, 5.74) is 0. The van der Waals surface area contributed by atoms with E-state index in [1.165, 1.54) is 32.1 Å². The zero-order chi connectivity index (χ0) is 14.8. The Morgan fingerprint density at radius 2 is 1.71 bits per heavy atom. The molecule has 1 atom stereocenters. The van der Waals surface area contributed by atoms with Crippen molar-refractivity contribution in [2.75, 3.05) is 13.1 Å². The van der Waals surface area contributed by atoms with Gasteiger partial charge in [0.05, 0.1) is 0 Å². The molecule has 1 unspecified atom stereocenters. The van der Waals surface area contributed by atoms with Gasteiger partial charge in [0.15, 0.2) is 0 Å². The fraction of sp³-hybridized carbons (Fsp3) is 0.882. The van der Waals surface area contributed by atoms with Gasteiger partial charge < -0.3 is 10.2 Å². The fourth-order valence-electron chi connectivity index (χ4n) is 3.92. The van der Waals surface area contributed by atoms with E-state index < -0.39 is 0 Å². The van der Waals surface area contributed by atoms with Crippen molar-refractivity contribution >= 4 is 11.8 Å². The Balaban J connectivity index is 1.58. The fourth-order valence-corrected chi connectivity index (χ4v) is 3.92. The number of nitrogens with zero attached hydrogens (tertiary/aromatic N) is 1. The molecule has 1 saturated heterocycles. The van der Waals surface area contributed by atoms with Gasteiger partial charge in [-0.15, -0.1) is 0 Å². The molecule has 2 amide bonds. The predicted molar refractivity (Wildman–Crippen MR) is 81.6 cm³/mol. The molecule has 21 heavy (non-hydrogen) atoms. The molecule has 0 radical (unpaired) electrons. The van der Waals surface area contributed by atoms with Gasteiger partial charge in [-0.05, 0) is 43.4 Å². The lowest BCUT2D eigenvalue weighted by Gasteiger charge is -2.33. The predicted octanol–water partition coefficient (Wildman–Crippen LogP) is 2.33. The minimum absolute atomic E-state index is 0.0532. The van der Waals surface area contributed by atoms with Crippen LogP contribution in [0.2, 0.25) is 0 Å². The monoisotopic (exact) mass is 292 g/mol. The summed E-state index contributed by atoms with van der Waals surface area (Å²) in [5.74, 6) is 2.17. The molecule has 4 nitrogen and oxygen atoms in total. The highest BCUT2D eigenvalue weighted by Crippen LogP contribution is 2.35. The minimum atomic E-state index is -0.230. The minimum Gasteiger partial charge on any atom is -0.344 e. The molecular formula is C17H28N2O2. The molecule has 0 spiro atoms. The first-order chi connectivity index (χ1) is 10.2. The van der Waals surface area contributed by atoms with Crippen LogP contribution >= 0.6 is 0 Å². The molecule has 118 valence electrons. The van der Waals surface area contributed by atoms with Crippen LogP contribution in [0.25, 0.3) is 0 Å². The van der Waals surface area contributed by atoms with Crippen molar-refractivity contribution in [2.24, 2.45) is 17.8 Å². The SMILES string of the molecule is CCC1CCC(CN2CCC(=O)NC(C3CC3)C2=O)CC1. The Hall–Kier alpha value is -1.06. The number of rotatable bonds is 4. The van der Waals surface area contributed by atoms with Gasteiger partial charge in [0.2, 0.25) is 11.8 Å². The van der Waals surface area contributed by atoms with Gasteiger partial charge in [-0.2, -0.15) is 0 Å². The summed E-state index contributed by atoms with van der Waals surface area (Å²) in [6.45, 7) is 3.76. The smallest absolute Gasteiger partial charge is 0.245 e. The van der Waals surface area contributed by atoms with Crippen LogP contribution in [0, 0.1) is 17.8 Å². The van der Waals surface area contributed by atoms with Crippen LogP contribution in [0.3, 0.4) is 0 Å². The number of amides is 2. The van der Waals surface area contributed by atoms with Crippen LogP contribution in [0.5, 0.6) is 0 Å². The van der Waals surface area contributed by atoms with E-state index in [9.17, 15) is 9.59 Å². The highest BCUT2D eigenvalue weighted by molar-refractivity contribution is 5.90. The van der Waals surface area contributed by atoms with Gasteiger partial charge in [-0.3, -0.25) is 9.59 Å². The summed E-state index contributed by atoms with van der Waals surface area (Å²) in [6, 6.07) is -0.230. The van der Waals surface area contributed by atoms with Gasteiger partial charge in [0, 0.05) is 19.5 Å². The molecule has 1 heterocycles. The summed E-state index contributed by atoms with van der Waals surface area (Å²) in [5, 5.41) is 2.94. The number of carbonyl (C=O) groups excluding carboxylic acids is 2. The molecule has 0 aromatic heterocycles. The molecule has 3 aliphatic rings. The Morgan fingerprint density at radius 1 is 1.05 bits per heavy atom. The Kier molecular flexibility index (Phi) is 4.51. The molecule has 4 heteroatoms. The van der Waals surface area contributed by atoms with Crippen molar-refractivity contribution in [2.45, 2.75) is 64.3 Å². The van der Waals surface area contributed by atoms with E-state index in [0.29, 0.717) is 24.8 Å². The number of hydrogen-bond donors (Lipinski definition) is 1. The highest BCUT2D eigenvalue weighted by Gasteiger charge is 2.41. The molecular weight excluding hydrogens is 264 g/mol. The van der Waals surface area contributed by atoms with Crippen LogP contribution in [0.4, 0.5) is 0 Å². The summed E-state index contributed by atoms with van der Waals surface area (Å²) in [4.78, 5) is 26.5. The molecule has 3 fully saturated rings. The zero-order valence-corrected chi connectivity index (χ0v) is 13.1. The van der Waals surface area contributed by atoms with E-state index in [1.807, 2.05) is 4.90 Å². The second-order valence-electron chi connectivity index (χ2n) is 7.21. The first-order valence-corrected chi connectivity index (χ1v) is 8.75. The second kappa shape index (κ2) is 6.37. The standard InChI is InChI=1S/C17H28N2O2/c1-2-12-3-5-13(6-4-12)11-19-10-9-15(20)18-16(17(19)21)14-7-8-14/h12-14,16H,2-11H2,1H3,(H,18,20). The molecule has 2 saturated carbocycles. The molecule has 0 aromatic carbocycles. The molecule has 3 rings (SSSR count). The van der Waals surface area contributed by atoms with Crippen molar-refractivity contribution in [1.29, 1.82) is 0 Å². The van der Waals surface area contributed by atoms with E-state index in [-0.39, 0.29) is 17.9 Å². The van der Waals surface area contributed by atoms with Crippen LogP contribution in [-0.4, -0.2) is 35.8 Å². The van der Waals surface area contributed by atoms with Crippen LogP contribution in [0.1, 0.15) is 58.3 Å². The summed E-state index contributed by atoms with van der Waals surface area (Å²) in [6.07, 6.45) is 9.06. The van der Waals surface area contributed by atoms with Gasteiger partial charge >= 0.3 is 0 Å². The number of carbonyl (C=O) groups is 2. The van der Waals surface area contributed by atoms with Crippen molar-refractivity contribution < 1.29 is 9.59 Å². The van der Waals surface area contributed by atoms with Crippen molar-refractivity contribution in [3.63, 3.8) is 0 Å². The lowest BCUT2D eigenvalue weighted by atomic mass is 9.80. The molecule has 1 N–H and O–H groups in total. The maximum atomic E-state index is 12.7. The van der Waals surface area contributed by atoms with E-state index in [2.05, 4.69) is 12.2 Å². The van der Waals surface area contributed by atoms with Crippen molar-refractivity contribution in [3.05, 3.63) is 0 Å². The topological polar surface area (TPSA) is 49.4 Å². The number of hydrogen-bond acceptors (Lipinski definition) is 2. The van der Waals surface area contributed by atoms with Crippen molar-refractivity contribution in [1.82, 2.24) is 10.2 Å². The maximum Gasteiger partial charge on any atom is 0.245 e. The highest BCUT2D eigenvalue weighted by atomic mass is 16.2. The molecule has 2 aliphatic carbocycles. The maximum absolute atomic E-state index is 12.7. The summed E-state index contributed by atoms with van der Waals surface area (Å²) < 4.78 is 0. The average Bonchev–Trinajstić information content (AvgIpc) is 3.33. The van der Waals surface area contributed by atoms with E-state index in [4.69, 9.17) is 0 Å². The lowest BCUT2D eigenvalue weighted by molar-refractivity contribution is -0.134. The summed E-state index contributed by atoms with van der Waals surface area (Å²) in [7, 11) is 0. The Labute approximate surface area is 127 Å². The number of nitrogens with one attached hydrogen (secondary N) is 1. The van der Waals surface area contributed by atoms with Gasteiger partial charge in [0.25, 0.3) is 0 Å². The second-order valence-corrected chi connectivity index (χ2v) is 7.21. The quantitative estimate of drug-likeness (QED) is 0.864. The zero-order valence-electron chi connectivity index (χ0n) is 13.1. The third kappa shape index (κ3) is 3.58. The van der Waals surface area contributed by atoms with Gasteiger partial charge in [-0.1, -0.05) is 26.2 Å². The lowest BCUT2D eigenvalue weighted by Crippen LogP contribution is -2.47. The van der Waals surface area contributed by atoms with E-state index in [0.717, 1.165) is 25.3 Å². The first-order valence-electron chi connectivity index (χ1n) is 8.75. The average molecular weight is 292 g/mol. The first kappa shape index (κ1) is 14.9. The van der Waals surface area contributed by atoms with Crippen molar-refractivity contribution in [3.8, 4) is 0 Å². The normalized spacial score (nSPS) is 34.5. The van der Waals surface area contributed by atoms with Crippen LogP contribution in [0.15, 0.2) is 0 Å². The van der Waals surface area contributed by atoms with Crippen LogP contribution < -0.4 is 5.32 Å². The summed E-state index contributed by atoms with van der Waals surface area (Å²) >= 11 is 0. The Morgan fingerprint density at radius 3 is 2.33 bits per heavy atom. The van der Waals surface area contributed by atoms with Gasteiger partial charge in [-0.25, -0.2) is 0 Å². The van der Waals surface area contributed by atoms with Gasteiger partial charge in [0.1, 0.15) is 6.04 Å². The molecule has 0 aromatic rings. The van der Waals surface area contributed by atoms with E-state index in [1.54, 1.807) is 0 Å². The molecule has 0 bridgehead atoms. The Bertz CT molecular complexity index is 398. The third-order valence-electron chi connectivity index (χ3n) is 5.62.